The van der Waals surface area contributed by atoms with Gasteiger partial charge in [-0.3, -0.25) is 9.69 Å². The Kier molecular flexibility index (Phi) is 4.08. The predicted octanol–water partition coefficient (Wildman–Crippen LogP) is 2.90. The highest BCUT2D eigenvalue weighted by Crippen LogP contribution is 2.44. The fourth-order valence-electron chi connectivity index (χ4n) is 4.06. The van der Waals surface area contributed by atoms with Crippen molar-refractivity contribution in [3.8, 4) is 0 Å². The van der Waals surface area contributed by atoms with E-state index < -0.39 is 5.97 Å². The van der Waals surface area contributed by atoms with E-state index in [1.807, 2.05) is 0 Å². The van der Waals surface area contributed by atoms with Gasteiger partial charge in [0.1, 0.15) is 0 Å². The summed E-state index contributed by atoms with van der Waals surface area (Å²) in [6, 6.07) is 0. The van der Waals surface area contributed by atoms with Crippen LogP contribution in [0.15, 0.2) is 0 Å². The molecule has 0 aromatic carbocycles. The number of likely N-dealkylation sites (tertiary alicyclic amines) is 1. The zero-order valence-corrected chi connectivity index (χ0v) is 11.0. The highest BCUT2D eigenvalue weighted by Gasteiger charge is 2.46. The maximum absolute atomic E-state index is 11.3. The molecule has 0 aromatic rings. The van der Waals surface area contributed by atoms with Crippen LogP contribution in [0.2, 0.25) is 0 Å². The van der Waals surface area contributed by atoms with Crippen LogP contribution in [0, 0.1) is 5.92 Å². The maximum Gasteiger partial charge on any atom is 0.305 e. The van der Waals surface area contributed by atoms with E-state index in [0.29, 0.717) is 12.3 Å². The number of carboxylic acid groups (broad SMARTS) is 1. The lowest BCUT2D eigenvalue weighted by Gasteiger charge is -2.49. The van der Waals surface area contributed by atoms with Crippen LogP contribution in [0.5, 0.6) is 0 Å². The maximum atomic E-state index is 11.3. The lowest BCUT2D eigenvalue weighted by Crippen LogP contribution is -2.55. The lowest BCUT2D eigenvalue weighted by molar-refractivity contribution is -0.142. The van der Waals surface area contributed by atoms with E-state index in [4.69, 9.17) is 0 Å². The number of hydrogen-bond donors (Lipinski definition) is 1. The quantitative estimate of drug-likeness (QED) is 0.820. The van der Waals surface area contributed by atoms with Crippen molar-refractivity contribution >= 4 is 5.97 Å². The third-order valence-corrected chi connectivity index (χ3v) is 4.86. The Balaban J connectivity index is 2.22. The summed E-state index contributed by atoms with van der Waals surface area (Å²) >= 11 is 0. The van der Waals surface area contributed by atoms with Crippen LogP contribution in [0.25, 0.3) is 0 Å². The minimum atomic E-state index is -0.614. The van der Waals surface area contributed by atoms with E-state index in [-0.39, 0.29) is 5.54 Å². The topological polar surface area (TPSA) is 40.5 Å². The molecule has 1 aliphatic heterocycles. The summed E-state index contributed by atoms with van der Waals surface area (Å²) in [6.45, 7) is 4.45. The summed E-state index contributed by atoms with van der Waals surface area (Å²) in [7, 11) is 0. The summed E-state index contributed by atoms with van der Waals surface area (Å²) in [4.78, 5) is 13.8. The molecule has 0 amide bonds. The van der Waals surface area contributed by atoms with Crippen LogP contribution >= 0.6 is 0 Å². The molecule has 0 radical (unpaired) electrons. The molecule has 1 heterocycles. The summed E-state index contributed by atoms with van der Waals surface area (Å²) in [6.07, 6.45) is 8.79. The SMILES string of the molecule is CCC1CCCCC1(CC(=O)O)N1CCCC1. The van der Waals surface area contributed by atoms with E-state index in [2.05, 4.69) is 11.8 Å². The van der Waals surface area contributed by atoms with E-state index in [1.54, 1.807) is 0 Å². The molecular formula is C14H25NO2. The van der Waals surface area contributed by atoms with Gasteiger partial charge in [-0.25, -0.2) is 0 Å². The molecule has 1 saturated heterocycles. The Hall–Kier alpha value is -0.570. The van der Waals surface area contributed by atoms with Gasteiger partial charge >= 0.3 is 5.97 Å². The lowest BCUT2D eigenvalue weighted by atomic mass is 9.68. The van der Waals surface area contributed by atoms with Gasteiger partial charge in [-0.2, -0.15) is 0 Å². The molecule has 2 aliphatic rings. The Bertz CT molecular complexity index is 269. The van der Waals surface area contributed by atoms with Gasteiger partial charge in [0.15, 0.2) is 0 Å². The largest absolute Gasteiger partial charge is 0.481 e. The minimum Gasteiger partial charge on any atom is -0.481 e. The molecule has 2 rings (SSSR count). The molecule has 1 N–H and O–H groups in total. The van der Waals surface area contributed by atoms with Crippen molar-refractivity contribution in [2.24, 2.45) is 5.92 Å². The van der Waals surface area contributed by atoms with Gasteiger partial charge in [0.25, 0.3) is 0 Å². The molecule has 3 nitrogen and oxygen atoms in total. The molecule has 2 unspecified atom stereocenters. The number of rotatable bonds is 4. The van der Waals surface area contributed by atoms with Crippen molar-refractivity contribution < 1.29 is 9.90 Å². The molecule has 0 spiro atoms. The average Bonchev–Trinajstić information content (AvgIpc) is 2.82. The first kappa shape index (κ1) is 12.9. The second kappa shape index (κ2) is 5.38. The Morgan fingerprint density at radius 2 is 2.00 bits per heavy atom. The van der Waals surface area contributed by atoms with Crippen molar-refractivity contribution in [1.82, 2.24) is 4.90 Å². The summed E-state index contributed by atoms with van der Waals surface area (Å²) < 4.78 is 0. The molecule has 1 saturated carbocycles. The van der Waals surface area contributed by atoms with Gasteiger partial charge in [0.2, 0.25) is 0 Å². The highest BCUT2D eigenvalue weighted by atomic mass is 16.4. The first-order valence-electron chi connectivity index (χ1n) is 7.16. The molecule has 3 heteroatoms. The number of nitrogens with zero attached hydrogens (tertiary/aromatic N) is 1. The van der Waals surface area contributed by atoms with Gasteiger partial charge in [0.05, 0.1) is 6.42 Å². The second-order valence-electron chi connectivity index (χ2n) is 5.72. The van der Waals surface area contributed by atoms with Crippen molar-refractivity contribution in [2.45, 2.75) is 63.8 Å². The third-order valence-electron chi connectivity index (χ3n) is 4.86. The van der Waals surface area contributed by atoms with Crippen LogP contribution in [0.3, 0.4) is 0 Å². The fraction of sp³-hybridized carbons (Fsp3) is 0.929. The fourth-order valence-corrected chi connectivity index (χ4v) is 4.06. The molecule has 17 heavy (non-hydrogen) atoms. The number of aliphatic carboxylic acids is 1. The first-order valence-corrected chi connectivity index (χ1v) is 7.16. The van der Waals surface area contributed by atoms with Crippen LogP contribution in [0.1, 0.15) is 58.3 Å². The van der Waals surface area contributed by atoms with E-state index in [0.717, 1.165) is 25.9 Å². The monoisotopic (exact) mass is 239 g/mol. The van der Waals surface area contributed by atoms with Gasteiger partial charge < -0.3 is 5.11 Å². The number of hydrogen-bond acceptors (Lipinski definition) is 2. The van der Waals surface area contributed by atoms with E-state index in [1.165, 1.54) is 32.1 Å². The molecule has 2 fully saturated rings. The zero-order chi connectivity index (χ0) is 12.3. The molecule has 0 bridgehead atoms. The molecule has 98 valence electrons. The second-order valence-corrected chi connectivity index (χ2v) is 5.72. The molecule has 2 atom stereocenters. The summed E-state index contributed by atoms with van der Waals surface area (Å²) in [5, 5.41) is 9.28. The van der Waals surface area contributed by atoms with Crippen LogP contribution < -0.4 is 0 Å². The first-order chi connectivity index (χ1) is 8.19. The Labute approximate surface area is 104 Å². The van der Waals surface area contributed by atoms with Crippen molar-refractivity contribution in [3.05, 3.63) is 0 Å². The highest BCUT2D eigenvalue weighted by molar-refractivity contribution is 5.68. The average molecular weight is 239 g/mol. The van der Waals surface area contributed by atoms with Crippen molar-refractivity contribution in [1.29, 1.82) is 0 Å². The van der Waals surface area contributed by atoms with Gasteiger partial charge in [-0.1, -0.05) is 26.2 Å². The Morgan fingerprint density at radius 3 is 2.59 bits per heavy atom. The number of carboxylic acids is 1. The summed E-state index contributed by atoms with van der Waals surface area (Å²) in [5.41, 5.74) is -0.0185. The van der Waals surface area contributed by atoms with Gasteiger partial charge in [0, 0.05) is 5.54 Å². The van der Waals surface area contributed by atoms with Gasteiger partial charge in [-0.15, -0.1) is 0 Å². The van der Waals surface area contributed by atoms with E-state index >= 15 is 0 Å². The number of carbonyl (C=O) groups is 1. The van der Waals surface area contributed by atoms with E-state index in [9.17, 15) is 9.90 Å². The van der Waals surface area contributed by atoms with Crippen LogP contribution in [0.4, 0.5) is 0 Å². The molecular weight excluding hydrogens is 214 g/mol. The van der Waals surface area contributed by atoms with Gasteiger partial charge in [-0.05, 0) is 44.7 Å². The van der Waals surface area contributed by atoms with Crippen molar-refractivity contribution in [3.63, 3.8) is 0 Å². The third kappa shape index (κ3) is 2.49. The smallest absolute Gasteiger partial charge is 0.305 e. The normalized spacial score (nSPS) is 35.0. The Morgan fingerprint density at radius 1 is 1.29 bits per heavy atom. The standard InChI is InChI=1S/C14H25NO2/c1-2-12-7-3-4-8-14(12,11-13(16)17)15-9-5-6-10-15/h12H,2-11H2,1H3,(H,16,17). The van der Waals surface area contributed by atoms with Crippen molar-refractivity contribution in [2.75, 3.05) is 13.1 Å². The molecule has 0 aromatic heterocycles. The van der Waals surface area contributed by atoms with Crippen LogP contribution in [-0.2, 0) is 4.79 Å². The minimum absolute atomic E-state index is 0.0185. The van der Waals surface area contributed by atoms with Crippen LogP contribution in [-0.4, -0.2) is 34.6 Å². The zero-order valence-electron chi connectivity index (χ0n) is 11.0. The predicted molar refractivity (Wildman–Crippen MR) is 68.0 cm³/mol. The molecule has 1 aliphatic carbocycles. The summed E-state index contributed by atoms with van der Waals surface area (Å²) in [5.74, 6) is -0.0253.